The van der Waals surface area contributed by atoms with E-state index in [4.69, 9.17) is 34.5 Å². The summed E-state index contributed by atoms with van der Waals surface area (Å²) in [5.74, 6) is -0.788. The van der Waals surface area contributed by atoms with Crippen molar-refractivity contribution < 1.29 is 4.79 Å². The Morgan fingerprint density at radius 2 is 2.35 bits per heavy atom. The fourth-order valence-electron chi connectivity index (χ4n) is 1.46. The van der Waals surface area contributed by atoms with Gasteiger partial charge in [-0.25, -0.2) is 4.98 Å². The number of halogens is 2. The first-order valence-corrected chi connectivity index (χ1v) is 5.41. The summed E-state index contributed by atoms with van der Waals surface area (Å²) in [5, 5.41) is 3.83. The molecule has 0 bridgehead atoms. The molecule has 0 aliphatic heterocycles. The van der Waals surface area contributed by atoms with Crippen LogP contribution in [0.25, 0.3) is 10.4 Å². The highest BCUT2D eigenvalue weighted by Crippen LogP contribution is 2.35. The van der Waals surface area contributed by atoms with Crippen molar-refractivity contribution in [3.8, 4) is 0 Å². The second-order valence-corrected chi connectivity index (χ2v) is 4.05. The molecule has 90 valence electrons. The van der Waals surface area contributed by atoms with Gasteiger partial charge in [-0.1, -0.05) is 35.2 Å². The molecule has 17 heavy (non-hydrogen) atoms. The van der Waals surface area contributed by atoms with Crippen LogP contribution < -0.4 is 5.73 Å². The minimum Gasteiger partial charge on any atom is -0.369 e. The first-order chi connectivity index (χ1) is 7.97. The highest BCUT2D eigenvalue weighted by molar-refractivity contribution is 6.34. The number of nitrogens with zero attached hydrogens (tertiary/aromatic N) is 4. The van der Waals surface area contributed by atoms with Crippen LogP contribution in [-0.2, 0) is 10.3 Å². The van der Waals surface area contributed by atoms with Crippen LogP contribution in [0, 0.1) is 0 Å². The lowest BCUT2D eigenvalue weighted by Crippen LogP contribution is -2.39. The molecule has 0 aliphatic rings. The summed E-state index contributed by atoms with van der Waals surface area (Å²) in [4.78, 5) is 18.0. The van der Waals surface area contributed by atoms with Crippen molar-refractivity contribution in [1.82, 2.24) is 4.98 Å². The van der Waals surface area contributed by atoms with Crippen LogP contribution in [0.1, 0.15) is 18.9 Å². The molecule has 0 fully saturated rings. The molecule has 0 saturated heterocycles. The molecule has 2 N–H and O–H groups in total. The van der Waals surface area contributed by atoms with Crippen molar-refractivity contribution in [2.45, 2.75) is 18.9 Å². The Morgan fingerprint density at radius 1 is 1.71 bits per heavy atom. The molecule has 0 radical (unpaired) electrons. The number of aromatic nitrogens is 1. The maximum Gasteiger partial charge on any atom is 0.234 e. The standard InChI is InChI=1S/C9H9Cl2N5O/c1-2-9(8(12)17,15-16-13)5-4-14-7(11)3-6(5)10/h3-4H,2H2,1H3,(H2,12,17)/t9-/m1/s1. The normalized spacial score (nSPS) is 13.6. The van der Waals surface area contributed by atoms with Crippen LogP contribution in [0.4, 0.5) is 0 Å². The van der Waals surface area contributed by atoms with Crippen molar-refractivity contribution in [3.05, 3.63) is 38.4 Å². The fourth-order valence-corrected chi connectivity index (χ4v) is 1.98. The second kappa shape index (κ2) is 5.23. The number of amides is 1. The molecule has 6 nitrogen and oxygen atoms in total. The van der Waals surface area contributed by atoms with Gasteiger partial charge in [-0.15, -0.1) is 0 Å². The average molecular weight is 274 g/mol. The van der Waals surface area contributed by atoms with E-state index in [0.717, 1.165) is 0 Å². The minimum absolute atomic E-state index is 0.175. The predicted molar refractivity (Wildman–Crippen MR) is 64.6 cm³/mol. The van der Waals surface area contributed by atoms with Crippen LogP contribution in [0.5, 0.6) is 0 Å². The molecule has 0 saturated carbocycles. The van der Waals surface area contributed by atoms with Gasteiger partial charge < -0.3 is 5.73 Å². The second-order valence-electron chi connectivity index (χ2n) is 3.25. The van der Waals surface area contributed by atoms with Crippen LogP contribution in [0.2, 0.25) is 10.2 Å². The Labute approximate surface area is 107 Å². The Morgan fingerprint density at radius 3 is 2.76 bits per heavy atom. The number of primary amides is 1. The molecule has 1 heterocycles. The Hall–Kier alpha value is -1.49. The van der Waals surface area contributed by atoms with E-state index in [1.807, 2.05) is 0 Å². The van der Waals surface area contributed by atoms with E-state index in [2.05, 4.69) is 15.0 Å². The van der Waals surface area contributed by atoms with Gasteiger partial charge in [0, 0.05) is 21.7 Å². The largest absolute Gasteiger partial charge is 0.369 e. The van der Waals surface area contributed by atoms with Gasteiger partial charge in [0.2, 0.25) is 5.91 Å². The van der Waals surface area contributed by atoms with Gasteiger partial charge in [0.25, 0.3) is 0 Å². The summed E-state index contributed by atoms with van der Waals surface area (Å²) in [7, 11) is 0. The molecule has 1 atom stereocenters. The molecule has 0 aromatic carbocycles. The van der Waals surface area contributed by atoms with Gasteiger partial charge in [-0.3, -0.25) is 4.79 Å². The Bertz CT molecular complexity index is 496. The molecule has 8 heteroatoms. The van der Waals surface area contributed by atoms with Crippen molar-refractivity contribution in [1.29, 1.82) is 0 Å². The van der Waals surface area contributed by atoms with Gasteiger partial charge in [-0.05, 0) is 18.0 Å². The van der Waals surface area contributed by atoms with Crippen molar-refractivity contribution in [2.24, 2.45) is 10.8 Å². The third-order valence-electron chi connectivity index (χ3n) is 2.40. The number of hydrogen-bond donors (Lipinski definition) is 1. The maximum atomic E-state index is 11.5. The molecular weight excluding hydrogens is 265 g/mol. The monoisotopic (exact) mass is 273 g/mol. The zero-order valence-electron chi connectivity index (χ0n) is 8.89. The number of nitrogens with two attached hydrogens (primary N) is 1. The molecular formula is C9H9Cl2N5O. The van der Waals surface area contributed by atoms with Gasteiger partial charge >= 0.3 is 0 Å². The molecule has 1 aromatic heterocycles. The molecule has 1 rings (SSSR count). The summed E-state index contributed by atoms with van der Waals surface area (Å²) in [6.07, 6.45) is 1.46. The zero-order valence-corrected chi connectivity index (χ0v) is 10.4. The lowest BCUT2D eigenvalue weighted by molar-refractivity contribution is -0.123. The summed E-state index contributed by atoms with van der Waals surface area (Å²) in [6.45, 7) is 1.66. The van der Waals surface area contributed by atoms with E-state index < -0.39 is 11.4 Å². The summed E-state index contributed by atoms with van der Waals surface area (Å²) in [5.41, 5.74) is 12.5. The van der Waals surface area contributed by atoms with E-state index in [1.165, 1.54) is 12.3 Å². The lowest BCUT2D eigenvalue weighted by Gasteiger charge is -2.24. The number of azide groups is 1. The molecule has 0 spiro atoms. The van der Waals surface area contributed by atoms with E-state index in [1.54, 1.807) is 6.92 Å². The predicted octanol–water partition coefficient (Wildman–Crippen LogP) is 2.79. The van der Waals surface area contributed by atoms with Crippen molar-refractivity contribution in [2.75, 3.05) is 0 Å². The SMILES string of the molecule is CC[C@](N=[N+]=[N-])(C(N)=O)c1cnc(Cl)cc1Cl. The lowest BCUT2D eigenvalue weighted by atomic mass is 9.88. The minimum atomic E-state index is -1.54. The van der Waals surface area contributed by atoms with Gasteiger partial charge in [-0.2, -0.15) is 0 Å². The highest BCUT2D eigenvalue weighted by atomic mass is 35.5. The molecule has 1 amide bonds. The quantitative estimate of drug-likeness (QED) is 0.394. The van der Waals surface area contributed by atoms with Gasteiger partial charge in [0.15, 0.2) is 5.54 Å². The first kappa shape index (κ1) is 13.6. The number of hydrogen-bond acceptors (Lipinski definition) is 3. The van der Waals surface area contributed by atoms with Gasteiger partial charge in [0.05, 0.1) is 0 Å². The molecule has 0 unspecified atom stereocenters. The van der Waals surface area contributed by atoms with E-state index >= 15 is 0 Å². The summed E-state index contributed by atoms with van der Waals surface area (Å²) >= 11 is 11.6. The van der Waals surface area contributed by atoms with Crippen LogP contribution in [0.15, 0.2) is 17.4 Å². The zero-order chi connectivity index (χ0) is 13.1. The number of carbonyl (C=O) groups excluding carboxylic acids is 1. The third kappa shape index (κ3) is 2.44. The highest BCUT2D eigenvalue weighted by Gasteiger charge is 2.38. The fraction of sp³-hybridized carbons (Fsp3) is 0.333. The molecule has 0 aliphatic carbocycles. The number of rotatable bonds is 4. The Balaban J connectivity index is 3.51. The Kier molecular flexibility index (Phi) is 4.17. The van der Waals surface area contributed by atoms with Crippen molar-refractivity contribution >= 4 is 29.1 Å². The van der Waals surface area contributed by atoms with Gasteiger partial charge in [0.1, 0.15) is 5.15 Å². The first-order valence-electron chi connectivity index (χ1n) is 4.65. The number of pyridine rings is 1. The number of carbonyl (C=O) groups is 1. The average Bonchev–Trinajstić information content (AvgIpc) is 2.26. The maximum absolute atomic E-state index is 11.5. The molecule has 1 aromatic rings. The smallest absolute Gasteiger partial charge is 0.234 e. The third-order valence-corrected chi connectivity index (χ3v) is 2.92. The van der Waals surface area contributed by atoms with E-state index in [-0.39, 0.29) is 22.2 Å². The summed E-state index contributed by atoms with van der Waals surface area (Å²) < 4.78 is 0. The van der Waals surface area contributed by atoms with E-state index in [9.17, 15) is 4.79 Å². The van der Waals surface area contributed by atoms with Crippen LogP contribution in [0.3, 0.4) is 0 Å². The van der Waals surface area contributed by atoms with Crippen LogP contribution in [-0.4, -0.2) is 10.9 Å². The van der Waals surface area contributed by atoms with Crippen molar-refractivity contribution in [3.63, 3.8) is 0 Å². The van der Waals surface area contributed by atoms with Crippen LogP contribution >= 0.6 is 23.2 Å². The van der Waals surface area contributed by atoms with E-state index in [0.29, 0.717) is 0 Å². The summed E-state index contributed by atoms with van der Waals surface area (Å²) in [6, 6.07) is 1.36. The topological polar surface area (TPSA) is 105 Å².